The fourth-order valence-corrected chi connectivity index (χ4v) is 2.76. The van der Waals surface area contributed by atoms with Gasteiger partial charge in [0, 0.05) is 5.57 Å². The van der Waals surface area contributed by atoms with Gasteiger partial charge in [0.1, 0.15) is 37.5 Å². The molecule has 0 bridgehead atoms. The van der Waals surface area contributed by atoms with Gasteiger partial charge in [-0.2, -0.15) is 13.2 Å². The molecule has 0 radical (unpaired) electrons. The highest BCUT2D eigenvalue weighted by Crippen LogP contribution is 2.33. The summed E-state index contributed by atoms with van der Waals surface area (Å²) in [6, 6.07) is 5.99. The van der Waals surface area contributed by atoms with Crippen LogP contribution in [0.3, 0.4) is 0 Å². The second-order valence-electron chi connectivity index (χ2n) is 6.91. The zero-order chi connectivity index (χ0) is 24.3. The van der Waals surface area contributed by atoms with Gasteiger partial charge in [-0.15, -0.1) is 0 Å². The fraction of sp³-hybridized carbons (Fsp3) is 0.348. The Morgan fingerprint density at radius 1 is 1.18 bits per heavy atom. The van der Waals surface area contributed by atoms with Gasteiger partial charge >= 0.3 is 12.1 Å². The first-order valence-electron chi connectivity index (χ1n) is 10.2. The van der Waals surface area contributed by atoms with E-state index in [-0.39, 0.29) is 25.0 Å². The van der Waals surface area contributed by atoms with Crippen LogP contribution in [0.25, 0.3) is 0 Å². The van der Waals surface area contributed by atoms with Gasteiger partial charge in [-0.25, -0.2) is 4.79 Å². The van der Waals surface area contributed by atoms with Gasteiger partial charge in [0.2, 0.25) is 0 Å². The van der Waals surface area contributed by atoms with E-state index in [4.69, 9.17) is 19.5 Å². The van der Waals surface area contributed by atoms with Crippen LogP contribution in [0.2, 0.25) is 0 Å². The monoisotopic (exact) mass is 466 g/mol. The number of benzene rings is 1. The number of alkyl halides is 3. The maximum Gasteiger partial charge on any atom is 0.412 e. The van der Waals surface area contributed by atoms with Crippen molar-refractivity contribution in [1.29, 1.82) is 0 Å². The first-order valence-corrected chi connectivity index (χ1v) is 10.2. The molecule has 1 aromatic carbocycles. The molecule has 0 fully saturated rings. The molecule has 1 aliphatic rings. The minimum absolute atomic E-state index is 0.0410. The van der Waals surface area contributed by atoms with Crippen molar-refractivity contribution in [3.05, 3.63) is 65.3 Å². The number of rotatable bonds is 11. The number of hydrogen-bond donors (Lipinski definition) is 1. The first kappa shape index (κ1) is 25.7. The average molecular weight is 466 g/mol. The molecule has 0 heterocycles. The van der Waals surface area contributed by atoms with Crippen LogP contribution < -0.4 is 4.74 Å². The van der Waals surface area contributed by atoms with Gasteiger partial charge in [0.05, 0.1) is 5.56 Å². The third-order valence-corrected chi connectivity index (χ3v) is 4.41. The van der Waals surface area contributed by atoms with E-state index in [0.717, 1.165) is 12.5 Å². The molecule has 0 saturated carbocycles. The number of oxime groups is 2. The molecule has 0 atom stereocenters. The first-order chi connectivity index (χ1) is 15.7. The van der Waals surface area contributed by atoms with Crippen LogP contribution in [0.4, 0.5) is 13.2 Å². The van der Waals surface area contributed by atoms with Crippen molar-refractivity contribution in [2.24, 2.45) is 10.3 Å². The van der Waals surface area contributed by atoms with E-state index in [9.17, 15) is 18.0 Å². The van der Waals surface area contributed by atoms with Gasteiger partial charge in [-0.1, -0.05) is 35.5 Å². The molecule has 2 rings (SSSR count). The lowest BCUT2D eigenvalue weighted by molar-refractivity contribution is -0.0940. The molecule has 1 N–H and O–H groups in total. The summed E-state index contributed by atoms with van der Waals surface area (Å²) in [6.07, 6.45) is 1.87. The lowest BCUT2D eigenvalue weighted by atomic mass is 9.94. The van der Waals surface area contributed by atoms with Crippen LogP contribution in [0.1, 0.15) is 36.5 Å². The Bertz CT molecular complexity index is 979. The average Bonchev–Trinajstić information content (AvgIpc) is 2.79. The molecule has 33 heavy (non-hydrogen) atoms. The Hall–Kier alpha value is -3.56. The van der Waals surface area contributed by atoms with Gasteiger partial charge in [0.15, 0.2) is 0 Å². The van der Waals surface area contributed by atoms with Crippen molar-refractivity contribution in [1.82, 2.24) is 0 Å². The predicted octanol–water partition coefficient (Wildman–Crippen LogP) is 5.31. The Labute approximate surface area is 189 Å². The van der Waals surface area contributed by atoms with E-state index in [1.807, 2.05) is 6.92 Å². The number of carboxylic acids is 1. The quantitative estimate of drug-likeness (QED) is 0.271. The second kappa shape index (κ2) is 12.5. The summed E-state index contributed by atoms with van der Waals surface area (Å²) >= 11 is 0. The van der Waals surface area contributed by atoms with Crippen molar-refractivity contribution in [2.75, 3.05) is 20.3 Å². The maximum atomic E-state index is 12.9. The van der Waals surface area contributed by atoms with Gasteiger partial charge in [-0.05, 0) is 55.2 Å². The van der Waals surface area contributed by atoms with E-state index < -0.39 is 17.7 Å². The smallest absolute Gasteiger partial charge is 0.412 e. The maximum absolute atomic E-state index is 12.9. The van der Waals surface area contributed by atoms with Crippen molar-refractivity contribution in [2.45, 2.75) is 32.4 Å². The number of carbonyl (C=O) groups is 1. The fourth-order valence-electron chi connectivity index (χ4n) is 2.76. The molecule has 1 aromatic rings. The number of carboxylic acid groups (broad SMARTS) is 1. The zero-order valence-corrected chi connectivity index (χ0v) is 18.3. The SMILES string of the molecule is CCCO/N=C(/C=C/C(=N\OC)C1=CC=C(C(F)(F)F)CC1)COc1cccc(C(=O)O)c1. The molecule has 0 saturated heterocycles. The largest absolute Gasteiger partial charge is 0.487 e. The summed E-state index contributed by atoms with van der Waals surface area (Å²) in [5.41, 5.74) is 0.750. The summed E-state index contributed by atoms with van der Waals surface area (Å²) in [7, 11) is 1.34. The Morgan fingerprint density at radius 2 is 1.97 bits per heavy atom. The topological polar surface area (TPSA) is 89.7 Å². The molecule has 0 aromatic heterocycles. The number of halogens is 3. The summed E-state index contributed by atoms with van der Waals surface area (Å²) in [5.74, 6) is -0.749. The molecule has 0 aliphatic heterocycles. The molecule has 10 heteroatoms. The van der Waals surface area contributed by atoms with Crippen molar-refractivity contribution < 1.29 is 37.5 Å². The van der Waals surface area contributed by atoms with Gasteiger partial charge in [0.25, 0.3) is 0 Å². The third kappa shape index (κ3) is 8.47. The van der Waals surface area contributed by atoms with Crippen molar-refractivity contribution in [3.63, 3.8) is 0 Å². The van der Waals surface area contributed by atoms with Crippen molar-refractivity contribution in [3.8, 4) is 5.75 Å². The van der Waals surface area contributed by atoms with E-state index in [1.165, 1.54) is 25.3 Å². The summed E-state index contributed by atoms with van der Waals surface area (Å²) in [4.78, 5) is 21.2. The Balaban J connectivity index is 2.19. The van der Waals surface area contributed by atoms with Crippen LogP contribution in [0.15, 0.2) is 70.0 Å². The molecule has 0 unspecified atom stereocenters. The zero-order valence-electron chi connectivity index (χ0n) is 18.3. The van der Waals surface area contributed by atoms with E-state index in [1.54, 1.807) is 24.3 Å². The van der Waals surface area contributed by atoms with Crippen LogP contribution in [0.5, 0.6) is 5.75 Å². The molecular weight excluding hydrogens is 441 g/mol. The highest BCUT2D eigenvalue weighted by Gasteiger charge is 2.34. The normalized spacial score (nSPS) is 15.2. The van der Waals surface area contributed by atoms with Crippen molar-refractivity contribution >= 4 is 17.4 Å². The van der Waals surface area contributed by atoms with E-state index >= 15 is 0 Å². The highest BCUT2D eigenvalue weighted by atomic mass is 19.4. The minimum Gasteiger partial charge on any atom is -0.487 e. The third-order valence-electron chi connectivity index (χ3n) is 4.41. The number of allylic oxidation sites excluding steroid dienone is 5. The number of aromatic carboxylic acids is 1. The second-order valence-corrected chi connectivity index (χ2v) is 6.91. The van der Waals surface area contributed by atoms with Gasteiger partial charge in [-0.3, -0.25) is 0 Å². The lowest BCUT2D eigenvalue weighted by Gasteiger charge is -2.16. The lowest BCUT2D eigenvalue weighted by Crippen LogP contribution is -2.15. The molecule has 0 spiro atoms. The highest BCUT2D eigenvalue weighted by molar-refractivity contribution is 6.12. The van der Waals surface area contributed by atoms with E-state index in [0.29, 0.717) is 29.4 Å². The Morgan fingerprint density at radius 3 is 2.58 bits per heavy atom. The van der Waals surface area contributed by atoms with E-state index in [2.05, 4.69) is 10.3 Å². The molecule has 178 valence electrons. The van der Waals surface area contributed by atoms with Crippen LogP contribution >= 0.6 is 0 Å². The molecule has 0 amide bonds. The standard InChI is InChI=1S/C23H25F3N2O5/c1-3-13-33-27-19(15-32-20-6-4-5-17(14-20)22(29)30)11-12-21(28-31-2)16-7-9-18(10-8-16)23(24,25)26/h4-7,9,11-12,14H,3,8,10,13,15H2,1-2H3,(H,29,30)/b12-11+,27-19-,28-21+. The molecule has 1 aliphatic carbocycles. The summed E-state index contributed by atoms with van der Waals surface area (Å²) in [6.45, 7) is 2.25. The minimum atomic E-state index is -4.36. The Kier molecular flexibility index (Phi) is 9.71. The summed E-state index contributed by atoms with van der Waals surface area (Å²) in [5, 5.41) is 17.0. The predicted molar refractivity (Wildman–Crippen MR) is 118 cm³/mol. The summed E-state index contributed by atoms with van der Waals surface area (Å²) < 4.78 is 44.2. The van der Waals surface area contributed by atoms with Crippen LogP contribution in [-0.4, -0.2) is 49.0 Å². The molecule has 7 nitrogen and oxygen atoms in total. The van der Waals surface area contributed by atoms with Crippen LogP contribution in [0, 0.1) is 0 Å². The number of nitrogens with zero attached hydrogens (tertiary/aromatic N) is 2. The van der Waals surface area contributed by atoms with Gasteiger partial charge < -0.3 is 19.5 Å². The van der Waals surface area contributed by atoms with Crippen LogP contribution in [-0.2, 0) is 9.68 Å². The molecular formula is C23H25F3N2O5. The number of ether oxygens (including phenoxy) is 1. The number of hydrogen-bond acceptors (Lipinski definition) is 6.